The molecule has 1 unspecified atom stereocenters. The van der Waals surface area contributed by atoms with Crippen LogP contribution in [0.25, 0.3) is 17.0 Å². The molecule has 2 aromatic carbocycles. The van der Waals surface area contributed by atoms with Crippen molar-refractivity contribution < 1.29 is 13.7 Å². The second-order valence-corrected chi connectivity index (χ2v) is 6.47. The number of hydrogen-bond acceptors (Lipinski definition) is 4. The Bertz CT molecular complexity index is 1050. The summed E-state index contributed by atoms with van der Waals surface area (Å²) < 4.78 is 19.4. The van der Waals surface area contributed by atoms with Gasteiger partial charge in [-0.1, -0.05) is 47.6 Å². The van der Waals surface area contributed by atoms with Crippen molar-refractivity contribution in [3.8, 4) is 11.4 Å². The predicted molar refractivity (Wildman–Crippen MR) is 102 cm³/mol. The van der Waals surface area contributed by atoms with Crippen molar-refractivity contribution >= 4 is 11.6 Å². The molecule has 0 spiro atoms. The highest BCUT2D eigenvalue weighted by Gasteiger charge is 2.35. The fraction of sp³-hybridized carbons (Fsp3) is 0.190. The SMILES string of the molecule is CCN1C(=O)NC(c2cccc(F)c2)C(c2nc(-c3ccccc3)no2)=C1C. The van der Waals surface area contributed by atoms with E-state index >= 15 is 0 Å². The Labute approximate surface area is 161 Å². The lowest BCUT2D eigenvalue weighted by Crippen LogP contribution is -2.45. The Morgan fingerprint density at radius 3 is 2.68 bits per heavy atom. The Kier molecular flexibility index (Phi) is 4.65. The molecule has 1 atom stereocenters. The monoisotopic (exact) mass is 378 g/mol. The van der Waals surface area contributed by atoms with Gasteiger partial charge < -0.3 is 9.84 Å². The van der Waals surface area contributed by atoms with Gasteiger partial charge in [-0.05, 0) is 31.5 Å². The zero-order chi connectivity index (χ0) is 19.7. The maximum atomic E-state index is 13.8. The molecule has 4 rings (SSSR count). The van der Waals surface area contributed by atoms with Crippen molar-refractivity contribution in [2.75, 3.05) is 6.54 Å². The molecule has 0 bridgehead atoms. The van der Waals surface area contributed by atoms with Crippen LogP contribution in [0.1, 0.15) is 31.3 Å². The zero-order valence-corrected chi connectivity index (χ0v) is 15.5. The summed E-state index contributed by atoms with van der Waals surface area (Å²) in [6.45, 7) is 4.19. The number of urea groups is 1. The zero-order valence-electron chi connectivity index (χ0n) is 15.5. The smallest absolute Gasteiger partial charge is 0.322 e. The van der Waals surface area contributed by atoms with Gasteiger partial charge in [0.25, 0.3) is 5.89 Å². The quantitative estimate of drug-likeness (QED) is 0.731. The number of rotatable bonds is 4. The van der Waals surface area contributed by atoms with Gasteiger partial charge in [-0.15, -0.1) is 0 Å². The summed E-state index contributed by atoms with van der Waals surface area (Å²) in [5, 5.41) is 7.01. The van der Waals surface area contributed by atoms with Gasteiger partial charge in [0.05, 0.1) is 11.6 Å². The Morgan fingerprint density at radius 2 is 1.96 bits per heavy atom. The number of carbonyl (C=O) groups is 1. The molecule has 1 aromatic heterocycles. The lowest BCUT2D eigenvalue weighted by Gasteiger charge is -2.34. The molecule has 28 heavy (non-hydrogen) atoms. The van der Waals surface area contributed by atoms with Gasteiger partial charge in [0.2, 0.25) is 5.82 Å². The average Bonchev–Trinajstić information content (AvgIpc) is 3.18. The van der Waals surface area contributed by atoms with Crippen LogP contribution < -0.4 is 5.32 Å². The van der Waals surface area contributed by atoms with Gasteiger partial charge in [-0.2, -0.15) is 4.98 Å². The normalized spacial score (nSPS) is 17.0. The van der Waals surface area contributed by atoms with E-state index in [1.165, 1.54) is 12.1 Å². The Morgan fingerprint density at radius 1 is 1.18 bits per heavy atom. The van der Waals surface area contributed by atoms with E-state index in [2.05, 4.69) is 15.5 Å². The molecular formula is C21H19FN4O2. The third kappa shape index (κ3) is 3.15. The summed E-state index contributed by atoms with van der Waals surface area (Å²) >= 11 is 0. The minimum Gasteiger partial charge on any atom is -0.334 e. The van der Waals surface area contributed by atoms with E-state index in [1.54, 1.807) is 17.0 Å². The van der Waals surface area contributed by atoms with E-state index in [4.69, 9.17) is 4.52 Å². The molecule has 0 aliphatic carbocycles. The van der Waals surface area contributed by atoms with Gasteiger partial charge in [0, 0.05) is 17.8 Å². The molecule has 142 valence electrons. The Balaban J connectivity index is 1.83. The van der Waals surface area contributed by atoms with Crippen molar-refractivity contribution in [3.05, 3.63) is 77.6 Å². The van der Waals surface area contributed by atoms with Crippen molar-refractivity contribution in [1.29, 1.82) is 0 Å². The molecule has 1 aliphatic heterocycles. The fourth-order valence-corrected chi connectivity index (χ4v) is 3.41. The summed E-state index contributed by atoms with van der Waals surface area (Å²) in [5.41, 5.74) is 2.79. The molecule has 1 aliphatic rings. The van der Waals surface area contributed by atoms with Gasteiger partial charge >= 0.3 is 6.03 Å². The fourth-order valence-electron chi connectivity index (χ4n) is 3.41. The number of halogens is 1. The van der Waals surface area contributed by atoms with Crippen LogP contribution in [0.2, 0.25) is 0 Å². The first-order chi connectivity index (χ1) is 13.6. The number of hydrogen-bond donors (Lipinski definition) is 1. The molecule has 3 aromatic rings. The van der Waals surface area contributed by atoms with Crippen LogP contribution in [0.3, 0.4) is 0 Å². The van der Waals surface area contributed by atoms with Crippen molar-refractivity contribution in [2.24, 2.45) is 0 Å². The summed E-state index contributed by atoms with van der Waals surface area (Å²) in [6, 6.07) is 14.8. The van der Waals surface area contributed by atoms with Crippen molar-refractivity contribution in [1.82, 2.24) is 20.4 Å². The summed E-state index contributed by atoms with van der Waals surface area (Å²) in [5.74, 6) is 0.370. The maximum Gasteiger partial charge on any atom is 0.322 e. The van der Waals surface area contributed by atoms with E-state index in [0.29, 0.717) is 35.1 Å². The topological polar surface area (TPSA) is 71.3 Å². The van der Waals surface area contributed by atoms with Crippen LogP contribution in [-0.4, -0.2) is 27.6 Å². The standard InChI is InChI=1S/C21H19FN4O2/c1-3-26-13(2)17(18(23-21(26)27)15-10-7-11-16(22)12-15)20-24-19(25-28-20)14-8-5-4-6-9-14/h4-12,18H,3H2,1-2H3,(H,23,27). The Hall–Kier alpha value is -3.48. The molecule has 2 heterocycles. The number of carbonyl (C=O) groups excluding carboxylic acids is 1. The predicted octanol–water partition coefficient (Wildman–Crippen LogP) is 4.39. The van der Waals surface area contributed by atoms with Crippen molar-refractivity contribution in [3.63, 3.8) is 0 Å². The van der Waals surface area contributed by atoms with Crippen LogP contribution in [0, 0.1) is 5.82 Å². The maximum absolute atomic E-state index is 13.8. The second kappa shape index (κ2) is 7.26. The van der Waals surface area contributed by atoms with Crippen molar-refractivity contribution in [2.45, 2.75) is 19.9 Å². The first kappa shape index (κ1) is 17.9. The van der Waals surface area contributed by atoms with Crippen LogP contribution in [0.15, 0.2) is 64.8 Å². The molecular weight excluding hydrogens is 359 g/mol. The molecule has 7 heteroatoms. The number of nitrogens with one attached hydrogen (secondary N) is 1. The lowest BCUT2D eigenvalue weighted by molar-refractivity contribution is 0.207. The highest BCUT2D eigenvalue weighted by atomic mass is 19.1. The van der Waals surface area contributed by atoms with E-state index < -0.39 is 6.04 Å². The lowest BCUT2D eigenvalue weighted by atomic mass is 9.94. The third-order valence-electron chi connectivity index (χ3n) is 4.78. The highest BCUT2D eigenvalue weighted by molar-refractivity contribution is 5.86. The minimum absolute atomic E-state index is 0.249. The number of nitrogens with zero attached hydrogens (tertiary/aromatic N) is 3. The number of amides is 2. The third-order valence-corrected chi connectivity index (χ3v) is 4.78. The van der Waals surface area contributed by atoms with E-state index in [0.717, 1.165) is 5.56 Å². The van der Waals surface area contributed by atoms with Crippen LogP contribution in [0.5, 0.6) is 0 Å². The van der Waals surface area contributed by atoms with E-state index in [-0.39, 0.29) is 11.8 Å². The number of aromatic nitrogens is 2. The minimum atomic E-state index is -0.588. The van der Waals surface area contributed by atoms with Gasteiger partial charge in [0.1, 0.15) is 5.82 Å². The molecule has 1 N–H and O–H groups in total. The average molecular weight is 378 g/mol. The van der Waals surface area contributed by atoms with Crippen LogP contribution in [-0.2, 0) is 0 Å². The second-order valence-electron chi connectivity index (χ2n) is 6.47. The summed E-state index contributed by atoms with van der Waals surface area (Å²) in [4.78, 5) is 18.7. The van der Waals surface area contributed by atoms with Gasteiger partial charge in [0.15, 0.2) is 0 Å². The van der Waals surface area contributed by atoms with Gasteiger partial charge in [-0.3, -0.25) is 4.90 Å². The summed E-state index contributed by atoms with van der Waals surface area (Å²) in [7, 11) is 0. The first-order valence-electron chi connectivity index (χ1n) is 9.02. The molecule has 2 amide bonds. The van der Waals surface area contributed by atoms with E-state index in [9.17, 15) is 9.18 Å². The van der Waals surface area contributed by atoms with Gasteiger partial charge in [-0.25, -0.2) is 9.18 Å². The largest absolute Gasteiger partial charge is 0.334 e. The molecule has 0 saturated carbocycles. The molecule has 6 nitrogen and oxygen atoms in total. The first-order valence-corrected chi connectivity index (χ1v) is 9.02. The number of allylic oxidation sites excluding steroid dienone is 1. The van der Waals surface area contributed by atoms with Crippen LogP contribution >= 0.6 is 0 Å². The van der Waals surface area contributed by atoms with Crippen LogP contribution in [0.4, 0.5) is 9.18 Å². The molecule has 0 radical (unpaired) electrons. The van der Waals surface area contributed by atoms with E-state index in [1.807, 2.05) is 44.2 Å². The highest BCUT2D eigenvalue weighted by Crippen LogP contribution is 2.37. The summed E-state index contributed by atoms with van der Waals surface area (Å²) in [6.07, 6.45) is 0. The number of benzene rings is 2. The molecule has 0 fully saturated rings. The molecule has 0 saturated heterocycles.